The van der Waals surface area contributed by atoms with E-state index in [1.807, 2.05) is 13.1 Å². The SMILES string of the molecule is [2H]C1([2H])c2ccc(OC)c3c2[C@]24CCN(C)[C@H]1[C@@H]2CCC(=O)C4O3. The van der Waals surface area contributed by atoms with E-state index in [2.05, 4.69) is 4.90 Å². The Morgan fingerprint density at radius 3 is 3.18 bits per heavy atom. The van der Waals surface area contributed by atoms with Crippen molar-refractivity contribution in [2.45, 2.75) is 43.2 Å². The van der Waals surface area contributed by atoms with Gasteiger partial charge in [0.1, 0.15) is 0 Å². The molecule has 116 valence electrons. The lowest BCUT2D eigenvalue weighted by molar-refractivity contribution is -0.138. The normalized spacial score (nSPS) is 42.1. The summed E-state index contributed by atoms with van der Waals surface area (Å²) in [5, 5.41) is 0. The third kappa shape index (κ3) is 1.27. The fourth-order valence-corrected chi connectivity index (χ4v) is 5.26. The quantitative estimate of drug-likeness (QED) is 0.794. The van der Waals surface area contributed by atoms with Crippen LogP contribution in [0.25, 0.3) is 0 Å². The number of carbonyl (C=O) groups is 1. The molecule has 2 aliphatic carbocycles. The van der Waals surface area contributed by atoms with Crippen molar-refractivity contribution in [3.63, 3.8) is 0 Å². The number of likely N-dealkylation sites (tertiary alicyclic amines) is 1. The first-order valence-electron chi connectivity index (χ1n) is 9.04. The molecule has 1 unspecified atom stereocenters. The number of nitrogens with zero attached hydrogens (tertiary/aromatic N) is 1. The van der Waals surface area contributed by atoms with Crippen LogP contribution in [-0.2, 0) is 16.6 Å². The average Bonchev–Trinajstić information content (AvgIpc) is 2.90. The van der Waals surface area contributed by atoms with Crippen molar-refractivity contribution >= 4 is 5.78 Å². The minimum absolute atomic E-state index is 0.106. The van der Waals surface area contributed by atoms with Crippen molar-refractivity contribution in [3.8, 4) is 11.5 Å². The molecule has 4 heteroatoms. The average molecular weight is 301 g/mol. The number of hydrogen-bond acceptors (Lipinski definition) is 4. The highest BCUT2D eigenvalue weighted by Crippen LogP contribution is 2.62. The smallest absolute Gasteiger partial charge is 0.174 e. The van der Waals surface area contributed by atoms with Gasteiger partial charge in [0, 0.05) is 26.2 Å². The second-order valence-electron chi connectivity index (χ2n) is 6.99. The summed E-state index contributed by atoms with van der Waals surface area (Å²) in [5.74, 6) is 1.47. The van der Waals surface area contributed by atoms with Crippen molar-refractivity contribution < 1.29 is 17.0 Å². The summed E-state index contributed by atoms with van der Waals surface area (Å²) in [4.78, 5) is 14.8. The number of Topliss-reactive ketones (excluding diaryl/α,β-unsaturated/α-hetero) is 1. The topological polar surface area (TPSA) is 38.8 Å². The molecular weight excluding hydrogens is 278 g/mol. The second kappa shape index (κ2) is 4.05. The maximum absolute atomic E-state index is 12.7. The zero-order valence-corrected chi connectivity index (χ0v) is 12.9. The number of hydrogen-bond donors (Lipinski definition) is 0. The van der Waals surface area contributed by atoms with Crippen molar-refractivity contribution in [3.05, 3.63) is 23.3 Å². The Hall–Kier alpha value is -1.55. The van der Waals surface area contributed by atoms with Crippen LogP contribution in [0.5, 0.6) is 11.5 Å². The van der Waals surface area contributed by atoms with Crippen LogP contribution < -0.4 is 9.47 Å². The Balaban J connectivity index is 1.88. The lowest BCUT2D eigenvalue weighted by atomic mass is 9.52. The molecule has 4 atom stereocenters. The van der Waals surface area contributed by atoms with Crippen molar-refractivity contribution in [2.24, 2.45) is 5.92 Å². The minimum atomic E-state index is -1.46. The molecule has 2 fully saturated rings. The third-order valence-corrected chi connectivity index (χ3v) is 6.20. The van der Waals surface area contributed by atoms with Crippen LogP contribution in [0.2, 0.25) is 0 Å². The first kappa shape index (κ1) is 11.1. The molecular formula is C18H21NO3. The molecule has 22 heavy (non-hydrogen) atoms. The van der Waals surface area contributed by atoms with E-state index in [1.165, 1.54) is 0 Å². The molecule has 0 radical (unpaired) electrons. The van der Waals surface area contributed by atoms with Gasteiger partial charge >= 0.3 is 0 Å². The maximum Gasteiger partial charge on any atom is 0.174 e. The van der Waals surface area contributed by atoms with E-state index < -0.39 is 12.5 Å². The Morgan fingerprint density at radius 2 is 2.36 bits per heavy atom. The van der Waals surface area contributed by atoms with Gasteiger partial charge in [0.05, 0.1) is 7.11 Å². The summed E-state index contributed by atoms with van der Waals surface area (Å²) in [7, 11) is 3.60. The van der Waals surface area contributed by atoms with E-state index in [1.54, 1.807) is 13.2 Å². The first-order valence-corrected chi connectivity index (χ1v) is 8.04. The lowest BCUT2D eigenvalue weighted by Crippen LogP contribution is -2.65. The van der Waals surface area contributed by atoms with E-state index in [9.17, 15) is 4.79 Å². The molecule has 4 nitrogen and oxygen atoms in total. The van der Waals surface area contributed by atoms with Gasteiger partial charge in [-0.3, -0.25) is 4.79 Å². The Kier molecular flexibility index (Phi) is 2.03. The van der Waals surface area contributed by atoms with Crippen molar-refractivity contribution in [1.29, 1.82) is 0 Å². The molecule has 0 aromatic heterocycles. The number of likely N-dealkylation sites (N-methyl/N-ethyl adjacent to an activating group) is 1. The van der Waals surface area contributed by atoms with Gasteiger partial charge in [0.25, 0.3) is 0 Å². The predicted octanol–water partition coefficient (Wildman–Crippen LogP) is 1.93. The number of ketones is 1. The van der Waals surface area contributed by atoms with Crippen LogP contribution in [0.1, 0.15) is 33.1 Å². The largest absolute Gasteiger partial charge is 0.493 e. The standard InChI is InChI=1S/C18H21NO3/c1-19-8-7-18-11-4-5-13(20)17(18)22-16-14(21-2)6-3-10(15(16)18)9-12(11)19/h3,6,11-12,17H,4-5,7-9H2,1-2H3/t11-,12+,17?,18-/m0/s1/i9D2. The maximum atomic E-state index is 12.7. The number of carbonyl (C=O) groups excluding carboxylic acids is 1. The lowest BCUT2D eigenvalue weighted by Gasteiger charge is -2.57. The van der Waals surface area contributed by atoms with Crippen LogP contribution in [-0.4, -0.2) is 43.5 Å². The fourth-order valence-electron chi connectivity index (χ4n) is 5.26. The predicted molar refractivity (Wildman–Crippen MR) is 81.6 cm³/mol. The third-order valence-electron chi connectivity index (χ3n) is 6.20. The summed E-state index contributed by atoms with van der Waals surface area (Å²) >= 11 is 0. The van der Waals surface area contributed by atoms with Crippen molar-refractivity contribution in [2.75, 3.05) is 20.7 Å². The van der Waals surface area contributed by atoms with Gasteiger partial charge in [-0.2, -0.15) is 0 Å². The van der Waals surface area contributed by atoms with Crippen LogP contribution in [0, 0.1) is 5.92 Å². The fraction of sp³-hybridized carbons (Fsp3) is 0.611. The molecule has 1 aromatic carbocycles. The van der Waals surface area contributed by atoms with E-state index >= 15 is 0 Å². The molecule has 2 bridgehead atoms. The molecule has 2 aliphatic heterocycles. The molecule has 1 saturated carbocycles. The molecule has 1 aromatic rings. The highest BCUT2D eigenvalue weighted by Gasteiger charge is 2.65. The van der Waals surface area contributed by atoms with Gasteiger partial charge in [0.2, 0.25) is 0 Å². The second-order valence-corrected chi connectivity index (χ2v) is 6.99. The van der Waals surface area contributed by atoms with Crippen molar-refractivity contribution in [1.82, 2.24) is 4.90 Å². The molecule has 1 saturated heterocycles. The highest BCUT2D eigenvalue weighted by molar-refractivity contribution is 5.89. The summed E-state index contributed by atoms with van der Waals surface area (Å²) < 4.78 is 29.4. The van der Waals surface area contributed by atoms with Gasteiger partial charge in [-0.1, -0.05) is 6.07 Å². The van der Waals surface area contributed by atoms with Crippen LogP contribution >= 0.6 is 0 Å². The molecule has 0 amide bonds. The molecule has 1 spiro atoms. The zero-order chi connectivity index (χ0) is 16.9. The molecule has 2 heterocycles. The first-order chi connectivity index (χ1) is 11.4. The monoisotopic (exact) mass is 301 g/mol. The number of piperidine rings is 1. The summed E-state index contributed by atoms with van der Waals surface area (Å²) in [6, 6.07) is 3.41. The number of rotatable bonds is 1. The van der Waals surface area contributed by atoms with Gasteiger partial charge in [-0.25, -0.2) is 0 Å². The van der Waals surface area contributed by atoms with E-state index in [4.69, 9.17) is 12.2 Å². The summed E-state index contributed by atoms with van der Waals surface area (Å²) in [5.41, 5.74) is 1.22. The summed E-state index contributed by atoms with van der Waals surface area (Å²) in [6.07, 6.45) is 0.114. The Bertz CT molecular complexity index is 765. The van der Waals surface area contributed by atoms with Gasteiger partial charge in [0.15, 0.2) is 23.4 Å². The minimum Gasteiger partial charge on any atom is -0.493 e. The Morgan fingerprint density at radius 1 is 1.50 bits per heavy atom. The van der Waals surface area contributed by atoms with Crippen LogP contribution in [0.4, 0.5) is 0 Å². The van der Waals surface area contributed by atoms with Gasteiger partial charge < -0.3 is 14.4 Å². The summed E-state index contributed by atoms with van der Waals surface area (Å²) in [6.45, 7) is 0.782. The van der Waals surface area contributed by atoms with Gasteiger partial charge in [-0.05, 0) is 50.4 Å². The van der Waals surface area contributed by atoms with Crippen LogP contribution in [0.3, 0.4) is 0 Å². The number of benzene rings is 1. The van der Waals surface area contributed by atoms with E-state index in [0.717, 1.165) is 24.9 Å². The molecule has 0 N–H and O–H groups in total. The molecule has 5 rings (SSSR count). The Labute approximate surface area is 133 Å². The van der Waals surface area contributed by atoms with Gasteiger partial charge in [-0.15, -0.1) is 0 Å². The van der Waals surface area contributed by atoms with Crippen LogP contribution in [0.15, 0.2) is 12.1 Å². The number of methoxy groups -OCH3 is 1. The highest BCUT2D eigenvalue weighted by atomic mass is 16.5. The number of ether oxygens (including phenoxy) is 2. The van der Waals surface area contributed by atoms with E-state index in [0.29, 0.717) is 23.5 Å². The zero-order valence-electron chi connectivity index (χ0n) is 14.9. The molecule has 4 aliphatic rings. The van der Waals surface area contributed by atoms with E-state index in [-0.39, 0.29) is 23.2 Å².